The summed E-state index contributed by atoms with van der Waals surface area (Å²) in [5, 5.41) is 10.9. The first kappa shape index (κ1) is 19.8. The molecule has 0 aromatic heterocycles. The average Bonchev–Trinajstić information content (AvgIpc) is 2.78. The Morgan fingerprint density at radius 2 is 1.63 bits per heavy atom. The number of hydrogen-bond donors (Lipinski definition) is 1. The Hall–Kier alpha value is -3.54. The van der Waals surface area contributed by atoms with Gasteiger partial charge >= 0.3 is 5.97 Å². The minimum atomic E-state index is -0.877. The van der Waals surface area contributed by atoms with E-state index in [1.54, 1.807) is 0 Å². The highest BCUT2D eigenvalue weighted by molar-refractivity contribution is 5.98. The van der Waals surface area contributed by atoms with Gasteiger partial charge in [-0.25, -0.2) is 0 Å². The van der Waals surface area contributed by atoms with E-state index in [-0.39, 0.29) is 18.9 Å². The molecule has 0 aliphatic carbocycles. The summed E-state index contributed by atoms with van der Waals surface area (Å²) in [5.41, 5.74) is 1.73. The first-order valence-electron chi connectivity index (χ1n) is 10.1. The maximum Gasteiger partial charge on any atom is 0.306 e. The van der Waals surface area contributed by atoms with Crippen LogP contribution in [0.3, 0.4) is 0 Å². The van der Waals surface area contributed by atoms with E-state index < -0.39 is 5.97 Å². The molecule has 0 saturated carbocycles. The molecule has 30 heavy (non-hydrogen) atoms. The smallest absolute Gasteiger partial charge is 0.306 e. The Balaban J connectivity index is 1.37. The number of fused-ring (bicyclic) bond motifs is 1. The van der Waals surface area contributed by atoms with Crippen LogP contribution < -0.4 is 9.64 Å². The van der Waals surface area contributed by atoms with Crippen LogP contribution in [-0.4, -0.2) is 54.7 Å². The molecule has 154 valence electrons. The second-order valence-electron chi connectivity index (χ2n) is 7.33. The first-order valence-corrected chi connectivity index (χ1v) is 10.1. The van der Waals surface area contributed by atoms with Crippen LogP contribution in [0.4, 0.5) is 5.69 Å². The highest BCUT2D eigenvalue weighted by Gasteiger charge is 2.22. The summed E-state index contributed by atoms with van der Waals surface area (Å²) in [5.74, 6) is -0.159. The summed E-state index contributed by atoms with van der Waals surface area (Å²) in [6.07, 6.45) is -0.0280. The predicted molar refractivity (Wildman–Crippen MR) is 116 cm³/mol. The molecule has 0 unspecified atom stereocenters. The SMILES string of the molecule is O=C(O)CCOc1cccc(N2CCN(C(=O)c3ccc4ccccc4c3)CC2)c1. The van der Waals surface area contributed by atoms with Gasteiger partial charge in [-0.2, -0.15) is 0 Å². The topological polar surface area (TPSA) is 70.1 Å². The molecule has 1 aliphatic rings. The van der Waals surface area contributed by atoms with Gasteiger partial charge in [0, 0.05) is 43.5 Å². The Kier molecular flexibility index (Phi) is 5.84. The number of aliphatic carboxylic acids is 1. The van der Waals surface area contributed by atoms with Gasteiger partial charge in [-0.15, -0.1) is 0 Å². The number of benzene rings is 3. The molecule has 6 heteroatoms. The number of carbonyl (C=O) groups is 2. The zero-order valence-corrected chi connectivity index (χ0v) is 16.7. The molecule has 1 N–H and O–H groups in total. The molecule has 1 fully saturated rings. The average molecular weight is 404 g/mol. The molecule has 0 bridgehead atoms. The summed E-state index contributed by atoms with van der Waals surface area (Å²) in [6, 6.07) is 21.5. The van der Waals surface area contributed by atoms with Crippen molar-refractivity contribution in [1.82, 2.24) is 4.90 Å². The van der Waals surface area contributed by atoms with Gasteiger partial charge in [0.1, 0.15) is 5.75 Å². The van der Waals surface area contributed by atoms with Gasteiger partial charge in [-0.05, 0) is 35.0 Å². The summed E-state index contributed by atoms with van der Waals surface area (Å²) in [4.78, 5) is 27.7. The third kappa shape index (κ3) is 4.54. The largest absolute Gasteiger partial charge is 0.493 e. The Morgan fingerprint density at radius 1 is 0.867 bits per heavy atom. The number of amides is 1. The fourth-order valence-corrected chi connectivity index (χ4v) is 3.70. The van der Waals surface area contributed by atoms with E-state index in [1.807, 2.05) is 71.6 Å². The number of hydrogen-bond acceptors (Lipinski definition) is 4. The van der Waals surface area contributed by atoms with E-state index in [4.69, 9.17) is 9.84 Å². The lowest BCUT2D eigenvalue weighted by Gasteiger charge is -2.36. The predicted octanol–water partition coefficient (Wildman–Crippen LogP) is 3.66. The zero-order valence-electron chi connectivity index (χ0n) is 16.7. The molecular formula is C24H24N2O4. The Morgan fingerprint density at radius 3 is 2.40 bits per heavy atom. The molecule has 1 amide bonds. The lowest BCUT2D eigenvalue weighted by molar-refractivity contribution is -0.137. The van der Waals surface area contributed by atoms with Gasteiger partial charge in [-0.1, -0.05) is 36.4 Å². The highest BCUT2D eigenvalue weighted by Crippen LogP contribution is 2.23. The number of rotatable bonds is 6. The van der Waals surface area contributed by atoms with Crippen LogP contribution in [0.2, 0.25) is 0 Å². The monoisotopic (exact) mass is 404 g/mol. The number of nitrogens with zero attached hydrogens (tertiary/aromatic N) is 2. The highest BCUT2D eigenvalue weighted by atomic mass is 16.5. The maximum absolute atomic E-state index is 13.0. The fourth-order valence-electron chi connectivity index (χ4n) is 3.70. The minimum absolute atomic E-state index is 0.0280. The number of carbonyl (C=O) groups excluding carboxylic acids is 1. The number of carboxylic acid groups (broad SMARTS) is 1. The summed E-state index contributed by atoms with van der Waals surface area (Å²) in [6.45, 7) is 2.91. The van der Waals surface area contributed by atoms with E-state index in [0.717, 1.165) is 35.1 Å². The Bertz CT molecular complexity index is 1060. The van der Waals surface area contributed by atoms with Gasteiger partial charge in [-0.3, -0.25) is 9.59 Å². The van der Waals surface area contributed by atoms with Crippen molar-refractivity contribution in [3.8, 4) is 5.75 Å². The molecule has 1 aliphatic heterocycles. The van der Waals surface area contributed by atoms with Crippen LogP contribution >= 0.6 is 0 Å². The van der Waals surface area contributed by atoms with Crippen LogP contribution in [0.25, 0.3) is 10.8 Å². The molecule has 1 heterocycles. The molecule has 6 nitrogen and oxygen atoms in total. The van der Waals surface area contributed by atoms with Crippen LogP contribution in [-0.2, 0) is 4.79 Å². The van der Waals surface area contributed by atoms with Gasteiger partial charge < -0.3 is 19.6 Å². The van der Waals surface area contributed by atoms with E-state index in [2.05, 4.69) is 4.90 Å². The molecular weight excluding hydrogens is 380 g/mol. The van der Waals surface area contributed by atoms with Crippen LogP contribution in [0.5, 0.6) is 5.75 Å². The Labute approximate surface area is 175 Å². The molecule has 3 aromatic rings. The van der Waals surface area contributed by atoms with Crippen LogP contribution in [0, 0.1) is 0 Å². The van der Waals surface area contributed by atoms with Crippen molar-refractivity contribution in [3.05, 3.63) is 72.3 Å². The van der Waals surface area contributed by atoms with E-state index in [0.29, 0.717) is 18.8 Å². The van der Waals surface area contributed by atoms with E-state index in [1.165, 1.54) is 0 Å². The minimum Gasteiger partial charge on any atom is -0.493 e. The summed E-state index contributed by atoms with van der Waals surface area (Å²) < 4.78 is 5.53. The fraction of sp³-hybridized carbons (Fsp3) is 0.250. The molecule has 0 atom stereocenters. The van der Waals surface area contributed by atoms with E-state index in [9.17, 15) is 9.59 Å². The van der Waals surface area contributed by atoms with Crippen molar-refractivity contribution in [1.29, 1.82) is 0 Å². The summed E-state index contributed by atoms with van der Waals surface area (Å²) >= 11 is 0. The number of anilines is 1. The zero-order chi connectivity index (χ0) is 20.9. The molecule has 0 spiro atoms. The van der Waals surface area contributed by atoms with Gasteiger partial charge in [0.05, 0.1) is 13.0 Å². The third-order valence-corrected chi connectivity index (χ3v) is 5.33. The quantitative estimate of drug-likeness (QED) is 0.679. The van der Waals surface area contributed by atoms with Crippen molar-refractivity contribution in [3.63, 3.8) is 0 Å². The first-order chi connectivity index (χ1) is 14.6. The maximum atomic E-state index is 13.0. The van der Waals surface area contributed by atoms with Crippen molar-refractivity contribution in [2.75, 3.05) is 37.7 Å². The normalized spacial score (nSPS) is 14.0. The van der Waals surface area contributed by atoms with Crippen LogP contribution in [0.15, 0.2) is 66.7 Å². The molecule has 0 radical (unpaired) electrons. The van der Waals surface area contributed by atoms with Gasteiger partial charge in [0.25, 0.3) is 5.91 Å². The third-order valence-electron chi connectivity index (χ3n) is 5.33. The van der Waals surface area contributed by atoms with Crippen molar-refractivity contribution in [2.45, 2.75) is 6.42 Å². The lowest BCUT2D eigenvalue weighted by Crippen LogP contribution is -2.48. The van der Waals surface area contributed by atoms with Gasteiger partial charge in [0.2, 0.25) is 0 Å². The van der Waals surface area contributed by atoms with Crippen molar-refractivity contribution < 1.29 is 19.4 Å². The van der Waals surface area contributed by atoms with Gasteiger partial charge in [0.15, 0.2) is 0 Å². The lowest BCUT2D eigenvalue weighted by atomic mass is 10.1. The number of ether oxygens (including phenoxy) is 1. The van der Waals surface area contributed by atoms with Crippen LogP contribution in [0.1, 0.15) is 16.8 Å². The van der Waals surface area contributed by atoms with Crippen molar-refractivity contribution in [2.24, 2.45) is 0 Å². The number of carboxylic acids is 1. The molecule has 1 saturated heterocycles. The summed E-state index contributed by atoms with van der Waals surface area (Å²) in [7, 11) is 0. The molecule has 4 rings (SSSR count). The molecule has 3 aromatic carbocycles. The number of piperazine rings is 1. The second kappa shape index (κ2) is 8.86. The second-order valence-corrected chi connectivity index (χ2v) is 7.33. The van der Waals surface area contributed by atoms with Crippen molar-refractivity contribution >= 4 is 28.3 Å². The standard InChI is InChI=1S/C24H24N2O4/c27-23(28)10-15-30-22-7-3-6-21(17-22)25-11-13-26(14-12-25)24(29)20-9-8-18-4-1-2-5-19(18)16-20/h1-9,16-17H,10-15H2,(H,27,28). The van der Waals surface area contributed by atoms with E-state index >= 15 is 0 Å².